The zero-order chi connectivity index (χ0) is 8.10. The predicted molar refractivity (Wildman–Crippen MR) is 48.8 cm³/mol. The molecule has 0 aromatic heterocycles. The summed E-state index contributed by atoms with van der Waals surface area (Å²) in [4.78, 5) is 0. The zero-order valence-electron chi connectivity index (χ0n) is 7.69. The maximum absolute atomic E-state index is 3.52. The lowest BCUT2D eigenvalue weighted by Gasteiger charge is -2.18. The average Bonchev–Trinajstić information content (AvgIpc) is 2.52. The Labute approximate surface area is 69.8 Å². The number of nitrogens with one attached hydrogen (secondary N) is 2. The highest BCUT2D eigenvalue weighted by Crippen LogP contribution is 2.11. The van der Waals surface area contributed by atoms with Gasteiger partial charge < -0.3 is 10.6 Å². The highest BCUT2D eigenvalue weighted by atomic mass is 15.0. The molecule has 1 fully saturated rings. The second-order valence-corrected chi connectivity index (χ2v) is 3.42. The summed E-state index contributed by atoms with van der Waals surface area (Å²) in [7, 11) is 2.06. The highest BCUT2D eigenvalue weighted by Gasteiger charge is 2.16. The van der Waals surface area contributed by atoms with Crippen LogP contribution in [0.4, 0.5) is 0 Å². The smallest absolute Gasteiger partial charge is 0.00823 e. The standard InChI is InChI=1S/C9H20N2/c1-3-8(10-2)7-9-5-4-6-11-9/h8-11H,3-7H2,1-2H3. The summed E-state index contributed by atoms with van der Waals surface area (Å²) in [5.74, 6) is 0. The molecule has 1 rings (SSSR count). The lowest BCUT2D eigenvalue weighted by Crippen LogP contribution is -2.33. The van der Waals surface area contributed by atoms with Crippen molar-refractivity contribution in [3.8, 4) is 0 Å². The molecule has 0 aromatic rings. The third-order valence-electron chi connectivity index (χ3n) is 2.63. The Hall–Kier alpha value is -0.0800. The van der Waals surface area contributed by atoms with Crippen LogP contribution in [0.15, 0.2) is 0 Å². The lowest BCUT2D eigenvalue weighted by molar-refractivity contribution is 0.432. The Morgan fingerprint density at radius 3 is 2.91 bits per heavy atom. The van der Waals surface area contributed by atoms with Crippen molar-refractivity contribution >= 4 is 0 Å². The van der Waals surface area contributed by atoms with Crippen molar-refractivity contribution in [1.29, 1.82) is 0 Å². The van der Waals surface area contributed by atoms with E-state index in [9.17, 15) is 0 Å². The number of rotatable bonds is 4. The first-order valence-electron chi connectivity index (χ1n) is 4.77. The molecule has 1 aliphatic heterocycles. The molecule has 2 unspecified atom stereocenters. The summed E-state index contributed by atoms with van der Waals surface area (Å²) in [5.41, 5.74) is 0. The second-order valence-electron chi connectivity index (χ2n) is 3.42. The third kappa shape index (κ3) is 2.80. The van der Waals surface area contributed by atoms with Crippen molar-refractivity contribution in [1.82, 2.24) is 10.6 Å². The number of hydrogen-bond donors (Lipinski definition) is 2. The van der Waals surface area contributed by atoms with Crippen LogP contribution in [-0.4, -0.2) is 25.7 Å². The fourth-order valence-electron chi connectivity index (χ4n) is 1.79. The molecule has 0 aliphatic carbocycles. The fourth-order valence-corrected chi connectivity index (χ4v) is 1.79. The molecule has 0 radical (unpaired) electrons. The van der Waals surface area contributed by atoms with Gasteiger partial charge in [0.15, 0.2) is 0 Å². The zero-order valence-corrected chi connectivity index (χ0v) is 7.69. The van der Waals surface area contributed by atoms with E-state index in [1.54, 1.807) is 0 Å². The summed E-state index contributed by atoms with van der Waals surface area (Å²) in [6, 6.07) is 1.50. The van der Waals surface area contributed by atoms with Crippen molar-refractivity contribution < 1.29 is 0 Å². The predicted octanol–water partition coefficient (Wildman–Crippen LogP) is 1.13. The molecule has 11 heavy (non-hydrogen) atoms. The van der Waals surface area contributed by atoms with E-state index in [4.69, 9.17) is 0 Å². The Bertz CT molecular complexity index is 93.7. The average molecular weight is 156 g/mol. The Morgan fingerprint density at radius 2 is 2.45 bits per heavy atom. The molecule has 0 spiro atoms. The van der Waals surface area contributed by atoms with Gasteiger partial charge in [-0.15, -0.1) is 0 Å². The van der Waals surface area contributed by atoms with Gasteiger partial charge >= 0.3 is 0 Å². The van der Waals surface area contributed by atoms with Crippen LogP contribution in [0.3, 0.4) is 0 Å². The summed E-state index contributed by atoms with van der Waals surface area (Å²) in [6.45, 7) is 3.47. The van der Waals surface area contributed by atoms with E-state index < -0.39 is 0 Å². The maximum atomic E-state index is 3.52. The monoisotopic (exact) mass is 156 g/mol. The minimum absolute atomic E-state index is 0.714. The Morgan fingerprint density at radius 1 is 1.64 bits per heavy atom. The van der Waals surface area contributed by atoms with Gasteiger partial charge in [0.1, 0.15) is 0 Å². The van der Waals surface area contributed by atoms with E-state index in [1.165, 1.54) is 32.2 Å². The van der Waals surface area contributed by atoms with Crippen LogP contribution in [0.5, 0.6) is 0 Å². The lowest BCUT2D eigenvalue weighted by atomic mass is 10.0. The molecule has 1 aliphatic rings. The molecule has 2 nitrogen and oxygen atoms in total. The van der Waals surface area contributed by atoms with Crippen LogP contribution in [0.25, 0.3) is 0 Å². The molecule has 2 heteroatoms. The minimum atomic E-state index is 0.714. The van der Waals surface area contributed by atoms with Crippen molar-refractivity contribution in [3.05, 3.63) is 0 Å². The highest BCUT2D eigenvalue weighted by molar-refractivity contribution is 4.78. The largest absolute Gasteiger partial charge is 0.317 e. The summed E-state index contributed by atoms with van der Waals surface area (Å²) < 4.78 is 0. The van der Waals surface area contributed by atoms with Gasteiger partial charge in [0.25, 0.3) is 0 Å². The van der Waals surface area contributed by atoms with Crippen molar-refractivity contribution in [2.45, 2.75) is 44.7 Å². The van der Waals surface area contributed by atoms with Gasteiger partial charge in [-0.05, 0) is 39.3 Å². The first-order chi connectivity index (χ1) is 5.36. The van der Waals surface area contributed by atoms with E-state index >= 15 is 0 Å². The van der Waals surface area contributed by atoms with E-state index in [-0.39, 0.29) is 0 Å². The third-order valence-corrected chi connectivity index (χ3v) is 2.63. The van der Waals surface area contributed by atoms with E-state index in [0.717, 1.165) is 6.04 Å². The second kappa shape index (κ2) is 4.73. The first-order valence-corrected chi connectivity index (χ1v) is 4.77. The van der Waals surface area contributed by atoms with Crippen molar-refractivity contribution in [2.75, 3.05) is 13.6 Å². The van der Waals surface area contributed by atoms with Crippen LogP contribution in [0.1, 0.15) is 32.6 Å². The Kier molecular flexibility index (Phi) is 3.87. The van der Waals surface area contributed by atoms with Gasteiger partial charge in [0.2, 0.25) is 0 Å². The van der Waals surface area contributed by atoms with Gasteiger partial charge in [-0.2, -0.15) is 0 Å². The van der Waals surface area contributed by atoms with Crippen LogP contribution in [-0.2, 0) is 0 Å². The molecule has 0 amide bonds. The first kappa shape index (κ1) is 9.01. The summed E-state index contributed by atoms with van der Waals surface area (Å²) in [6.07, 6.45) is 5.28. The minimum Gasteiger partial charge on any atom is -0.317 e. The SMILES string of the molecule is CCC(CC1CCCN1)NC. The maximum Gasteiger partial charge on any atom is 0.00823 e. The molecular formula is C9H20N2. The number of hydrogen-bond acceptors (Lipinski definition) is 2. The normalized spacial score (nSPS) is 27.3. The van der Waals surface area contributed by atoms with Crippen LogP contribution >= 0.6 is 0 Å². The summed E-state index contributed by atoms with van der Waals surface area (Å²) >= 11 is 0. The quantitative estimate of drug-likeness (QED) is 0.637. The van der Waals surface area contributed by atoms with Gasteiger partial charge in [0.05, 0.1) is 0 Å². The molecule has 1 saturated heterocycles. The fraction of sp³-hybridized carbons (Fsp3) is 1.00. The Balaban J connectivity index is 2.16. The summed E-state index contributed by atoms with van der Waals surface area (Å²) in [5, 5.41) is 6.85. The van der Waals surface area contributed by atoms with Gasteiger partial charge in [0, 0.05) is 12.1 Å². The van der Waals surface area contributed by atoms with Crippen LogP contribution < -0.4 is 10.6 Å². The van der Waals surface area contributed by atoms with Crippen LogP contribution in [0.2, 0.25) is 0 Å². The van der Waals surface area contributed by atoms with E-state index in [1.807, 2.05) is 0 Å². The van der Waals surface area contributed by atoms with Gasteiger partial charge in [-0.3, -0.25) is 0 Å². The molecule has 66 valence electrons. The molecule has 0 saturated carbocycles. The van der Waals surface area contributed by atoms with Crippen molar-refractivity contribution in [3.63, 3.8) is 0 Å². The molecule has 2 N–H and O–H groups in total. The van der Waals surface area contributed by atoms with Gasteiger partial charge in [-0.25, -0.2) is 0 Å². The van der Waals surface area contributed by atoms with Crippen LogP contribution in [0, 0.1) is 0 Å². The molecule has 1 heterocycles. The van der Waals surface area contributed by atoms with Crippen molar-refractivity contribution in [2.24, 2.45) is 0 Å². The van der Waals surface area contributed by atoms with E-state index in [0.29, 0.717) is 6.04 Å². The topological polar surface area (TPSA) is 24.1 Å². The molecule has 2 atom stereocenters. The molecule has 0 bridgehead atoms. The van der Waals surface area contributed by atoms with Gasteiger partial charge in [-0.1, -0.05) is 6.92 Å². The molecule has 0 aromatic carbocycles. The van der Waals surface area contributed by atoms with E-state index in [2.05, 4.69) is 24.6 Å². The molecular weight excluding hydrogens is 136 g/mol.